The van der Waals surface area contributed by atoms with Crippen LogP contribution in [0.3, 0.4) is 0 Å². The van der Waals surface area contributed by atoms with Crippen molar-refractivity contribution in [1.82, 2.24) is 4.98 Å². The highest BCUT2D eigenvalue weighted by molar-refractivity contribution is 6.28. The Bertz CT molecular complexity index is 3300. The molecule has 10 aromatic rings. The minimum atomic E-state index is 0.138. The Morgan fingerprint density at radius 3 is 1.65 bits per heavy atom. The topological polar surface area (TPSA) is 28.5 Å². The highest BCUT2D eigenvalue weighted by atomic mass is 15.1. The van der Waals surface area contributed by atoms with Gasteiger partial charge in [-0.15, -0.1) is 0 Å². The summed E-state index contributed by atoms with van der Waals surface area (Å²) in [5.74, 6) is 0. The van der Waals surface area contributed by atoms with Crippen LogP contribution in [0.25, 0.3) is 88.4 Å². The van der Waals surface area contributed by atoms with E-state index in [1.165, 1.54) is 82.7 Å². The average Bonchev–Trinajstić information content (AvgIpc) is 3.69. The van der Waals surface area contributed by atoms with E-state index in [4.69, 9.17) is 4.99 Å². The highest BCUT2D eigenvalue weighted by Gasteiger charge is 2.31. The van der Waals surface area contributed by atoms with E-state index in [0.29, 0.717) is 0 Å². The molecule has 63 heavy (non-hydrogen) atoms. The number of dihydropyridines is 1. The fraction of sp³-hybridized carbons (Fsp3) is 0.0333. The maximum Gasteiger partial charge on any atom is 0.0783 e. The molecule has 9 aromatic carbocycles. The lowest BCUT2D eigenvalue weighted by atomic mass is 9.82. The zero-order chi connectivity index (χ0) is 41.7. The Balaban J connectivity index is 1.03. The number of anilines is 3. The van der Waals surface area contributed by atoms with Gasteiger partial charge in [-0.05, 0) is 144 Å². The molecule has 1 aliphatic heterocycles. The van der Waals surface area contributed by atoms with E-state index in [1.54, 1.807) is 0 Å². The molecule has 0 N–H and O–H groups in total. The number of fused-ring (bicyclic) bond motifs is 4. The lowest BCUT2D eigenvalue weighted by molar-refractivity contribution is 0.741. The molecule has 1 aliphatic carbocycles. The molecule has 296 valence electrons. The molecule has 0 radical (unpaired) electrons. The van der Waals surface area contributed by atoms with Crippen molar-refractivity contribution < 1.29 is 0 Å². The molecule has 0 bridgehead atoms. The van der Waals surface area contributed by atoms with E-state index in [9.17, 15) is 0 Å². The molecule has 2 aliphatic rings. The van der Waals surface area contributed by atoms with Crippen LogP contribution in [0.5, 0.6) is 0 Å². The van der Waals surface area contributed by atoms with Crippen molar-refractivity contribution in [3.63, 3.8) is 0 Å². The molecular formula is C60H41N3. The lowest BCUT2D eigenvalue weighted by Crippen LogP contribution is -2.10. The van der Waals surface area contributed by atoms with Crippen LogP contribution in [0.15, 0.2) is 230 Å². The second-order valence-corrected chi connectivity index (χ2v) is 16.4. The van der Waals surface area contributed by atoms with Crippen LogP contribution in [0.4, 0.5) is 17.1 Å². The number of rotatable bonds is 8. The summed E-state index contributed by atoms with van der Waals surface area (Å²) in [5.41, 5.74) is 19.1. The van der Waals surface area contributed by atoms with Gasteiger partial charge in [0.15, 0.2) is 0 Å². The zero-order valence-corrected chi connectivity index (χ0v) is 34.6. The number of aromatic nitrogens is 1. The molecule has 2 heterocycles. The van der Waals surface area contributed by atoms with Crippen molar-refractivity contribution in [3.8, 4) is 66.9 Å². The van der Waals surface area contributed by atoms with Gasteiger partial charge >= 0.3 is 0 Å². The molecule has 1 aromatic heterocycles. The summed E-state index contributed by atoms with van der Waals surface area (Å²) < 4.78 is 0. The Morgan fingerprint density at radius 2 is 1.00 bits per heavy atom. The van der Waals surface area contributed by atoms with E-state index >= 15 is 0 Å². The number of hydrogen-bond donors (Lipinski definition) is 0. The summed E-state index contributed by atoms with van der Waals surface area (Å²) in [7, 11) is 0. The first-order valence-electron chi connectivity index (χ1n) is 21.7. The largest absolute Gasteiger partial charge is 0.310 e. The zero-order valence-electron chi connectivity index (χ0n) is 34.6. The smallest absolute Gasteiger partial charge is 0.0783 e. The molecule has 0 saturated carbocycles. The van der Waals surface area contributed by atoms with Crippen LogP contribution in [-0.2, 0) is 0 Å². The van der Waals surface area contributed by atoms with E-state index in [0.717, 1.165) is 34.7 Å². The normalized spacial score (nSPS) is 13.7. The van der Waals surface area contributed by atoms with Crippen molar-refractivity contribution >= 4 is 44.8 Å². The van der Waals surface area contributed by atoms with Gasteiger partial charge in [0.05, 0.1) is 11.7 Å². The monoisotopic (exact) mass is 803 g/mol. The minimum absolute atomic E-state index is 0.138. The molecule has 12 rings (SSSR count). The molecular weight excluding hydrogens is 763 g/mol. The molecule has 3 heteroatoms. The second kappa shape index (κ2) is 15.4. The quantitative estimate of drug-likeness (QED) is 0.153. The molecule has 0 saturated heterocycles. The maximum absolute atomic E-state index is 4.75. The lowest BCUT2D eigenvalue weighted by Gasteiger charge is -2.27. The SMILES string of the molecule is C1=CCC(c2ccc(N(c3ccc(-c4ccccn4)cc3)c3cccc(-c4ccc5c6c(cccc46)-c4c-5c(-c5ccccc5)c5ccccc5c4-c4ccccc4)c3)cc2)N=C1. The van der Waals surface area contributed by atoms with Crippen LogP contribution >= 0.6 is 0 Å². The summed E-state index contributed by atoms with van der Waals surface area (Å²) in [4.78, 5) is 11.7. The number of pyridine rings is 1. The van der Waals surface area contributed by atoms with Gasteiger partial charge in [0.2, 0.25) is 0 Å². The van der Waals surface area contributed by atoms with Crippen LogP contribution in [-0.4, -0.2) is 11.2 Å². The summed E-state index contributed by atoms with van der Waals surface area (Å²) in [6, 6.07) is 75.4. The van der Waals surface area contributed by atoms with Crippen molar-refractivity contribution in [2.24, 2.45) is 4.99 Å². The van der Waals surface area contributed by atoms with Gasteiger partial charge in [-0.1, -0.05) is 164 Å². The second-order valence-electron chi connectivity index (χ2n) is 16.4. The van der Waals surface area contributed by atoms with Crippen molar-refractivity contribution in [2.75, 3.05) is 4.90 Å². The van der Waals surface area contributed by atoms with E-state index in [-0.39, 0.29) is 6.04 Å². The predicted octanol–water partition coefficient (Wildman–Crippen LogP) is 16.2. The van der Waals surface area contributed by atoms with Gasteiger partial charge in [0.25, 0.3) is 0 Å². The van der Waals surface area contributed by atoms with Crippen LogP contribution in [0.1, 0.15) is 18.0 Å². The maximum atomic E-state index is 4.75. The van der Waals surface area contributed by atoms with Crippen molar-refractivity contribution in [2.45, 2.75) is 12.5 Å². The third-order valence-electron chi connectivity index (χ3n) is 12.8. The van der Waals surface area contributed by atoms with Gasteiger partial charge in [-0.3, -0.25) is 9.98 Å². The van der Waals surface area contributed by atoms with Gasteiger partial charge in [0, 0.05) is 35.0 Å². The van der Waals surface area contributed by atoms with Crippen molar-refractivity contribution in [1.29, 1.82) is 0 Å². The van der Waals surface area contributed by atoms with Gasteiger partial charge in [-0.2, -0.15) is 0 Å². The van der Waals surface area contributed by atoms with Crippen LogP contribution in [0, 0.1) is 0 Å². The first-order valence-corrected chi connectivity index (χ1v) is 21.7. The van der Waals surface area contributed by atoms with Crippen LogP contribution < -0.4 is 4.90 Å². The Kier molecular flexibility index (Phi) is 8.97. The number of benzene rings is 9. The number of nitrogens with zero attached hydrogens (tertiary/aromatic N) is 3. The first-order chi connectivity index (χ1) is 31.3. The molecule has 1 unspecified atom stereocenters. The average molecular weight is 804 g/mol. The Morgan fingerprint density at radius 1 is 0.413 bits per heavy atom. The fourth-order valence-corrected chi connectivity index (χ4v) is 9.99. The standard InChI is InChI=1S/C60H41N3/c1-3-15-42(16-4-1)56-50-21-7-8-22-51(50)57(43-17-5-2-6-18-43)60-53-36-35-48(49-23-14-24-52(58(49)53)59(56)60)44-19-13-20-47(39-44)63(45-31-27-40(28-32-45)54-25-9-11-37-61-54)46-33-29-41(30-34-46)55-26-10-12-38-62-55/h1-25,27-39,55H,26H2. The van der Waals surface area contributed by atoms with E-state index in [2.05, 4.69) is 210 Å². The summed E-state index contributed by atoms with van der Waals surface area (Å²) in [6.45, 7) is 0. The number of allylic oxidation sites excluding steroid dienone is 1. The highest BCUT2D eigenvalue weighted by Crippen LogP contribution is 2.58. The predicted molar refractivity (Wildman–Crippen MR) is 265 cm³/mol. The third kappa shape index (κ3) is 6.28. The first kappa shape index (κ1) is 36.7. The Labute approximate surface area is 367 Å². The Hall–Kier alpha value is -8.14. The summed E-state index contributed by atoms with van der Waals surface area (Å²) in [6.07, 6.45) is 8.89. The molecule has 1 atom stereocenters. The van der Waals surface area contributed by atoms with Crippen LogP contribution in [0.2, 0.25) is 0 Å². The van der Waals surface area contributed by atoms with Gasteiger partial charge < -0.3 is 4.90 Å². The third-order valence-corrected chi connectivity index (χ3v) is 12.8. The minimum Gasteiger partial charge on any atom is -0.310 e. The van der Waals surface area contributed by atoms with E-state index < -0.39 is 0 Å². The van der Waals surface area contributed by atoms with Gasteiger partial charge in [0.1, 0.15) is 0 Å². The van der Waals surface area contributed by atoms with E-state index in [1.807, 2.05) is 30.6 Å². The molecule has 0 fully saturated rings. The van der Waals surface area contributed by atoms with Crippen molar-refractivity contribution in [3.05, 3.63) is 230 Å². The van der Waals surface area contributed by atoms with Gasteiger partial charge in [-0.25, -0.2) is 0 Å². The molecule has 3 nitrogen and oxygen atoms in total. The number of aliphatic imine (C=N–C) groups is 1. The number of hydrogen-bond acceptors (Lipinski definition) is 3. The molecule has 0 spiro atoms. The summed E-state index contributed by atoms with van der Waals surface area (Å²) >= 11 is 0. The molecule has 0 amide bonds. The summed E-state index contributed by atoms with van der Waals surface area (Å²) in [5, 5.41) is 5.09. The fourth-order valence-electron chi connectivity index (χ4n) is 9.99.